The van der Waals surface area contributed by atoms with E-state index in [-0.39, 0.29) is 23.2 Å². The number of guanidine groups is 1. The molecule has 4 rings (SSSR count). The number of nitrogens with one attached hydrogen (secondary N) is 2. The van der Waals surface area contributed by atoms with Crippen LogP contribution >= 0.6 is 0 Å². The molecule has 10 nitrogen and oxygen atoms in total. The number of hydrogen-bond donors (Lipinski definition) is 4. The summed E-state index contributed by atoms with van der Waals surface area (Å²) in [5, 5.41) is 4.45. The van der Waals surface area contributed by atoms with Crippen molar-refractivity contribution < 1.29 is 18.0 Å². The van der Waals surface area contributed by atoms with E-state index < -0.39 is 28.5 Å². The smallest absolute Gasteiger partial charge is 0.245 e. The fraction of sp³-hybridized carbons (Fsp3) is 0.321. The van der Waals surface area contributed by atoms with E-state index >= 15 is 0 Å². The molecule has 1 aliphatic heterocycles. The van der Waals surface area contributed by atoms with Crippen molar-refractivity contribution in [1.29, 1.82) is 0 Å². The lowest BCUT2D eigenvalue weighted by atomic mass is 10.0. The van der Waals surface area contributed by atoms with E-state index in [0.717, 1.165) is 41.2 Å². The molecule has 1 aliphatic rings. The minimum atomic E-state index is -3.93. The van der Waals surface area contributed by atoms with E-state index in [9.17, 15) is 18.0 Å². The third-order valence-electron chi connectivity index (χ3n) is 6.66. The second-order valence-electron chi connectivity index (χ2n) is 9.60. The Morgan fingerprint density at radius 3 is 2.26 bits per heavy atom. The molecule has 1 unspecified atom stereocenters. The lowest BCUT2D eigenvalue weighted by Crippen LogP contribution is -2.52. The highest BCUT2D eigenvalue weighted by Gasteiger charge is 2.28. The lowest BCUT2D eigenvalue weighted by molar-refractivity contribution is -0.137. The Labute approximate surface area is 228 Å². The molecule has 39 heavy (non-hydrogen) atoms. The molecule has 3 aromatic rings. The van der Waals surface area contributed by atoms with Gasteiger partial charge < -0.3 is 21.7 Å². The molecule has 1 fully saturated rings. The summed E-state index contributed by atoms with van der Waals surface area (Å²) in [6.45, 7) is 1.12. The summed E-state index contributed by atoms with van der Waals surface area (Å²) in [6.07, 6.45) is 3.16. The molecular weight excluding hydrogens is 516 g/mol. The second-order valence-corrected chi connectivity index (χ2v) is 11.4. The molecule has 0 bridgehead atoms. The van der Waals surface area contributed by atoms with Gasteiger partial charge in [0.05, 0.1) is 18.0 Å². The van der Waals surface area contributed by atoms with Crippen LogP contribution in [0.5, 0.6) is 0 Å². The Bertz CT molecular complexity index is 1450. The Balaban J connectivity index is 1.43. The molecule has 6 N–H and O–H groups in total. The molecule has 1 atom stereocenters. The molecule has 206 valence electrons. The summed E-state index contributed by atoms with van der Waals surface area (Å²) in [4.78, 5) is 32.1. The van der Waals surface area contributed by atoms with Gasteiger partial charge in [-0.2, -0.15) is 0 Å². The van der Waals surface area contributed by atoms with E-state index in [1.54, 1.807) is 17.0 Å². The number of nitrogens with two attached hydrogens (primary N) is 2. The van der Waals surface area contributed by atoms with Gasteiger partial charge in [-0.1, -0.05) is 54.6 Å². The zero-order chi connectivity index (χ0) is 27.8. The van der Waals surface area contributed by atoms with E-state index in [1.807, 2.05) is 48.5 Å². The molecule has 2 amide bonds. The molecule has 11 heteroatoms. The van der Waals surface area contributed by atoms with E-state index in [2.05, 4.69) is 15.0 Å². The number of nitrogens with zero attached hydrogens (tertiary/aromatic N) is 2. The predicted molar refractivity (Wildman–Crippen MR) is 151 cm³/mol. The molecule has 0 spiro atoms. The monoisotopic (exact) mass is 550 g/mol. The number of carbonyl (C=O) groups excluding carboxylic acids is 2. The fourth-order valence-corrected chi connectivity index (χ4v) is 5.57. The Morgan fingerprint density at radius 1 is 0.897 bits per heavy atom. The normalized spacial score (nSPS) is 14.5. The molecule has 0 aliphatic carbocycles. The summed E-state index contributed by atoms with van der Waals surface area (Å²) in [7, 11) is -3.93. The predicted octanol–water partition coefficient (Wildman–Crippen LogP) is 1.63. The summed E-state index contributed by atoms with van der Waals surface area (Å²) < 4.78 is 28.1. The first-order chi connectivity index (χ1) is 18.7. The third kappa shape index (κ3) is 7.78. The maximum absolute atomic E-state index is 13.4. The van der Waals surface area contributed by atoms with Crippen LogP contribution in [-0.4, -0.2) is 56.8 Å². The van der Waals surface area contributed by atoms with Gasteiger partial charge in [0.2, 0.25) is 21.8 Å². The zero-order valence-electron chi connectivity index (χ0n) is 21.7. The first kappa shape index (κ1) is 28.1. The van der Waals surface area contributed by atoms with Crippen molar-refractivity contribution in [3.63, 3.8) is 0 Å². The minimum absolute atomic E-state index is 0.00483. The lowest BCUT2D eigenvalue weighted by Gasteiger charge is -2.31. The maximum Gasteiger partial charge on any atom is 0.245 e. The standard InChI is InChI=1S/C28H34N6O4S/c29-28(30)31-18-21-10-8-20(9-11-21)16-25(27(36)34-14-4-1-5-15-34)33-26(35)19-32-39(37,38)24-13-12-22-6-2-3-7-23(22)17-24/h2-3,6-13,17,25,32H,1,4-5,14-16,18-19H2,(H,33,35)(H4,29,30,31). The van der Waals surface area contributed by atoms with Crippen LogP contribution in [0.15, 0.2) is 76.6 Å². The largest absolute Gasteiger partial charge is 0.370 e. The number of benzene rings is 3. The number of hydrogen-bond acceptors (Lipinski definition) is 5. The minimum Gasteiger partial charge on any atom is -0.370 e. The van der Waals surface area contributed by atoms with E-state index in [1.165, 1.54) is 6.07 Å². The van der Waals surface area contributed by atoms with Crippen LogP contribution in [0.1, 0.15) is 30.4 Å². The van der Waals surface area contributed by atoms with Crippen LogP contribution in [0.3, 0.4) is 0 Å². The van der Waals surface area contributed by atoms with Gasteiger partial charge in [0.25, 0.3) is 0 Å². The number of amides is 2. The van der Waals surface area contributed by atoms with Gasteiger partial charge in [-0.25, -0.2) is 18.1 Å². The Kier molecular flexibility index (Phi) is 9.15. The molecule has 0 saturated carbocycles. The van der Waals surface area contributed by atoms with Crippen molar-refractivity contribution in [3.05, 3.63) is 77.9 Å². The summed E-state index contributed by atoms with van der Waals surface area (Å²) in [5.41, 5.74) is 12.5. The highest BCUT2D eigenvalue weighted by molar-refractivity contribution is 7.89. The molecule has 0 radical (unpaired) electrons. The molecule has 3 aromatic carbocycles. The van der Waals surface area contributed by atoms with Crippen LogP contribution in [0.2, 0.25) is 0 Å². The molecular formula is C28H34N6O4S. The highest BCUT2D eigenvalue weighted by Crippen LogP contribution is 2.19. The van der Waals surface area contributed by atoms with Crippen LogP contribution in [-0.2, 0) is 32.6 Å². The van der Waals surface area contributed by atoms with Gasteiger partial charge in [-0.3, -0.25) is 9.59 Å². The maximum atomic E-state index is 13.4. The fourth-order valence-electron chi connectivity index (χ4n) is 4.56. The van der Waals surface area contributed by atoms with Crippen molar-refractivity contribution >= 4 is 38.6 Å². The van der Waals surface area contributed by atoms with Gasteiger partial charge >= 0.3 is 0 Å². The van der Waals surface area contributed by atoms with Gasteiger partial charge in [0, 0.05) is 19.5 Å². The van der Waals surface area contributed by atoms with Crippen LogP contribution in [0, 0.1) is 0 Å². The van der Waals surface area contributed by atoms with Gasteiger partial charge in [-0.05, 0) is 53.3 Å². The SMILES string of the molecule is NC(N)=NCc1ccc(CC(NC(=O)CNS(=O)(=O)c2ccc3ccccc3c2)C(=O)N2CCCCC2)cc1. The number of fused-ring (bicyclic) bond motifs is 1. The van der Waals surface area contributed by atoms with Crippen LogP contribution in [0.25, 0.3) is 10.8 Å². The van der Waals surface area contributed by atoms with Crippen molar-refractivity contribution in [1.82, 2.24) is 14.9 Å². The first-order valence-electron chi connectivity index (χ1n) is 12.9. The van der Waals surface area contributed by atoms with Gasteiger partial charge in [-0.15, -0.1) is 0 Å². The summed E-state index contributed by atoms with van der Waals surface area (Å²) in [5.74, 6) is -0.755. The molecule has 0 aromatic heterocycles. The van der Waals surface area contributed by atoms with Crippen molar-refractivity contribution in [3.8, 4) is 0 Å². The number of piperidine rings is 1. The third-order valence-corrected chi connectivity index (χ3v) is 8.06. The zero-order valence-corrected chi connectivity index (χ0v) is 22.5. The number of aliphatic imine (C=N–C) groups is 1. The molecule has 1 heterocycles. The summed E-state index contributed by atoms with van der Waals surface area (Å²) >= 11 is 0. The molecule has 1 saturated heterocycles. The van der Waals surface area contributed by atoms with E-state index in [0.29, 0.717) is 19.6 Å². The second kappa shape index (κ2) is 12.7. The van der Waals surface area contributed by atoms with Crippen LogP contribution in [0.4, 0.5) is 0 Å². The average molecular weight is 551 g/mol. The van der Waals surface area contributed by atoms with Crippen molar-refractivity contribution in [2.45, 2.75) is 43.2 Å². The number of sulfonamides is 1. The van der Waals surface area contributed by atoms with Crippen molar-refractivity contribution in [2.75, 3.05) is 19.6 Å². The summed E-state index contributed by atoms with van der Waals surface area (Å²) in [6, 6.07) is 18.8. The van der Waals surface area contributed by atoms with Crippen LogP contribution < -0.4 is 21.5 Å². The van der Waals surface area contributed by atoms with Crippen molar-refractivity contribution in [2.24, 2.45) is 16.5 Å². The number of carbonyl (C=O) groups is 2. The number of rotatable bonds is 10. The Morgan fingerprint density at radius 2 is 1.56 bits per heavy atom. The van der Waals surface area contributed by atoms with Gasteiger partial charge in [0.15, 0.2) is 5.96 Å². The van der Waals surface area contributed by atoms with E-state index in [4.69, 9.17) is 11.5 Å². The first-order valence-corrected chi connectivity index (χ1v) is 14.4. The number of likely N-dealkylation sites (tertiary alicyclic amines) is 1. The quantitative estimate of drug-likeness (QED) is 0.222. The average Bonchev–Trinajstić information content (AvgIpc) is 2.95. The topological polar surface area (TPSA) is 160 Å². The van der Waals surface area contributed by atoms with Gasteiger partial charge in [0.1, 0.15) is 6.04 Å². The highest BCUT2D eigenvalue weighted by atomic mass is 32.2. The Hall–Kier alpha value is -3.96.